The summed E-state index contributed by atoms with van der Waals surface area (Å²) in [4.78, 5) is 9.87. The number of nitrogens with one attached hydrogen (secondary N) is 1. The predicted molar refractivity (Wildman–Crippen MR) is 102 cm³/mol. The van der Waals surface area contributed by atoms with Crippen LogP contribution in [0.4, 0.5) is 0 Å². The van der Waals surface area contributed by atoms with E-state index >= 15 is 0 Å². The first kappa shape index (κ1) is 18.8. The van der Waals surface area contributed by atoms with Gasteiger partial charge in [-0.15, -0.1) is 11.3 Å². The van der Waals surface area contributed by atoms with Crippen LogP contribution in [0.15, 0.2) is 29.5 Å². The van der Waals surface area contributed by atoms with E-state index in [1.807, 2.05) is 37.2 Å². The molecule has 132 valence electrons. The number of aliphatic imine (C=N–C) groups is 1. The van der Waals surface area contributed by atoms with E-state index in [9.17, 15) is 0 Å². The van der Waals surface area contributed by atoms with Gasteiger partial charge in [0.2, 0.25) is 0 Å². The van der Waals surface area contributed by atoms with Gasteiger partial charge in [0, 0.05) is 44.3 Å². The van der Waals surface area contributed by atoms with Gasteiger partial charge in [-0.3, -0.25) is 9.67 Å². The number of aryl methyl sites for hydroxylation is 1. The minimum Gasteiger partial charge on any atom is -0.354 e. The van der Waals surface area contributed by atoms with Gasteiger partial charge in [0.15, 0.2) is 5.96 Å². The Morgan fingerprint density at radius 1 is 1.42 bits per heavy atom. The molecular weight excluding hydrogens is 344 g/mol. The molecule has 0 aromatic carbocycles. The number of halogens is 1. The zero-order valence-corrected chi connectivity index (χ0v) is 16.4. The fraction of sp³-hybridized carbons (Fsp3) is 0.500. The van der Waals surface area contributed by atoms with Crippen LogP contribution in [0.5, 0.6) is 0 Å². The maximum atomic E-state index is 6.01. The lowest BCUT2D eigenvalue weighted by molar-refractivity contribution is 0.295. The van der Waals surface area contributed by atoms with E-state index in [1.54, 1.807) is 18.4 Å². The van der Waals surface area contributed by atoms with Crippen LogP contribution in [0.2, 0.25) is 4.34 Å². The highest BCUT2D eigenvalue weighted by Crippen LogP contribution is 2.22. The molecule has 2 aromatic heterocycles. The Hall–Kier alpha value is -1.57. The van der Waals surface area contributed by atoms with Crippen molar-refractivity contribution in [1.29, 1.82) is 0 Å². The summed E-state index contributed by atoms with van der Waals surface area (Å²) >= 11 is 7.60. The van der Waals surface area contributed by atoms with Gasteiger partial charge in [-0.2, -0.15) is 5.10 Å². The van der Waals surface area contributed by atoms with Crippen molar-refractivity contribution in [3.05, 3.63) is 39.3 Å². The number of hydrogen-bond donors (Lipinski definition) is 1. The second kappa shape index (κ2) is 8.50. The molecule has 0 radical (unpaired) electrons. The molecule has 2 rings (SSSR count). The standard InChI is InChI=1S/C16H25ClN6S/c1-18-16(22(4)11-13-6-7-15(17)24-13)19-9-14(21(2)3)12-8-20-23(5)10-12/h6-8,10,14H,9,11H2,1-5H3,(H,18,19). The number of guanidine groups is 1. The van der Waals surface area contributed by atoms with Crippen molar-refractivity contribution in [2.24, 2.45) is 12.0 Å². The van der Waals surface area contributed by atoms with E-state index in [1.165, 1.54) is 10.4 Å². The maximum absolute atomic E-state index is 6.01. The summed E-state index contributed by atoms with van der Waals surface area (Å²) in [5, 5.41) is 7.73. The lowest BCUT2D eigenvalue weighted by atomic mass is 10.1. The number of hydrogen-bond acceptors (Lipinski definition) is 4. The van der Waals surface area contributed by atoms with Crippen molar-refractivity contribution in [3.63, 3.8) is 0 Å². The summed E-state index contributed by atoms with van der Waals surface area (Å²) in [5.41, 5.74) is 1.18. The van der Waals surface area contributed by atoms with Crippen LogP contribution in [0.1, 0.15) is 16.5 Å². The van der Waals surface area contributed by atoms with Crippen molar-refractivity contribution in [2.45, 2.75) is 12.6 Å². The molecule has 1 N–H and O–H groups in total. The molecule has 24 heavy (non-hydrogen) atoms. The Morgan fingerprint density at radius 2 is 2.17 bits per heavy atom. The average molecular weight is 369 g/mol. The molecule has 0 spiro atoms. The van der Waals surface area contributed by atoms with Crippen molar-refractivity contribution >= 4 is 28.9 Å². The predicted octanol–water partition coefficient (Wildman–Crippen LogP) is 2.45. The number of rotatable bonds is 6. The second-order valence-electron chi connectivity index (χ2n) is 5.92. The second-order valence-corrected chi connectivity index (χ2v) is 7.72. The molecule has 8 heteroatoms. The number of thiophene rings is 1. The average Bonchev–Trinajstić information content (AvgIpc) is 3.12. The lowest BCUT2D eigenvalue weighted by Gasteiger charge is -2.27. The SMILES string of the molecule is CN=C(NCC(c1cnn(C)c1)N(C)C)N(C)Cc1ccc(Cl)s1. The zero-order valence-electron chi connectivity index (χ0n) is 14.8. The minimum atomic E-state index is 0.222. The van der Waals surface area contributed by atoms with E-state index in [4.69, 9.17) is 11.6 Å². The Morgan fingerprint density at radius 3 is 2.67 bits per heavy atom. The lowest BCUT2D eigenvalue weighted by Crippen LogP contribution is -2.42. The summed E-state index contributed by atoms with van der Waals surface area (Å²) in [6.07, 6.45) is 3.96. The van der Waals surface area contributed by atoms with Crippen LogP contribution in [0, 0.1) is 0 Å². The van der Waals surface area contributed by atoms with Crippen molar-refractivity contribution in [2.75, 3.05) is 34.7 Å². The van der Waals surface area contributed by atoms with Crippen LogP contribution in [-0.4, -0.2) is 60.3 Å². The summed E-state index contributed by atoms with van der Waals surface area (Å²) < 4.78 is 2.64. The zero-order chi connectivity index (χ0) is 17.7. The van der Waals surface area contributed by atoms with E-state index in [0.717, 1.165) is 23.4 Å². The minimum absolute atomic E-state index is 0.222. The smallest absolute Gasteiger partial charge is 0.193 e. The van der Waals surface area contributed by atoms with E-state index in [2.05, 4.69) is 45.4 Å². The van der Waals surface area contributed by atoms with Crippen LogP contribution in [0.25, 0.3) is 0 Å². The first-order chi connectivity index (χ1) is 11.4. The van der Waals surface area contributed by atoms with Crippen molar-refractivity contribution in [1.82, 2.24) is 24.9 Å². The molecule has 0 saturated heterocycles. The van der Waals surface area contributed by atoms with E-state index < -0.39 is 0 Å². The molecule has 2 aromatic rings. The largest absolute Gasteiger partial charge is 0.354 e. The van der Waals surface area contributed by atoms with Gasteiger partial charge in [-0.05, 0) is 26.2 Å². The van der Waals surface area contributed by atoms with Crippen molar-refractivity contribution in [3.8, 4) is 0 Å². The van der Waals surface area contributed by atoms with Crippen LogP contribution < -0.4 is 5.32 Å². The number of aromatic nitrogens is 2. The van der Waals surface area contributed by atoms with Gasteiger partial charge in [0.05, 0.1) is 23.1 Å². The monoisotopic (exact) mass is 368 g/mol. The van der Waals surface area contributed by atoms with Crippen molar-refractivity contribution < 1.29 is 0 Å². The fourth-order valence-electron chi connectivity index (χ4n) is 2.53. The Kier molecular flexibility index (Phi) is 6.65. The third-order valence-electron chi connectivity index (χ3n) is 3.78. The highest BCUT2D eigenvalue weighted by atomic mass is 35.5. The highest BCUT2D eigenvalue weighted by Gasteiger charge is 2.17. The quantitative estimate of drug-likeness (QED) is 0.628. The summed E-state index contributed by atoms with van der Waals surface area (Å²) in [6.45, 7) is 1.53. The normalized spacial score (nSPS) is 13.4. The first-order valence-electron chi connectivity index (χ1n) is 7.71. The van der Waals surface area contributed by atoms with Crippen LogP contribution >= 0.6 is 22.9 Å². The molecule has 1 unspecified atom stereocenters. The molecule has 0 bridgehead atoms. The van der Waals surface area contributed by atoms with Gasteiger partial charge in [0.25, 0.3) is 0 Å². The highest BCUT2D eigenvalue weighted by molar-refractivity contribution is 7.16. The third-order valence-corrected chi connectivity index (χ3v) is 5.00. The van der Waals surface area contributed by atoms with Crippen LogP contribution in [0.3, 0.4) is 0 Å². The van der Waals surface area contributed by atoms with Crippen LogP contribution in [-0.2, 0) is 13.6 Å². The molecule has 6 nitrogen and oxygen atoms in total. The summed E-state index contributed by atoms with van der Waals surface area (Å²) in [6, 6.07) is 4.20. The van der Waals surface area contributed by atoms with Gasteiger partial charge < -0.3 is 15.1 Å². The van der Waals surface area contributed by atoms with Gasteiger partial charge in [0.1, 0.15) is 0 Å². The topological polar surface area (TPSA) is 48.7 Å². The Labute approximate surface area is 152 Å². The number of nitrogens with zero attached hydrogens (tertiary/aromatic N) is 5. The molecule has 0 aliphatic heterocycles. The molecule has 0 aliphatic rings. The molecule has 0 aliphatic carbocycles. The molecule has 0 amide bonds. The Balaban J connectivity index is 1.98. The molecule has 0 saturated carbocycles. The molecule has 0 fully saturated rings. The fourth-order valence-corrected chi connectivity index (χ4v) is 3.67. The van der Waals surface area contributed by atoms with E-state index in [-0.39, 0.29) is 6.04 Å². The van der Waals surface area contributed by atoms with Gasteiger partial charge in [-0.25, -0.2) is 0 Å². The summed E-state index contributed by atoms with van der Waals surface area (Å²) in [5.74, 6) is 0.857. The van der Waals surface area contributed by atoms with Gasteiger partial charge >= 0.3 is 0 Å². The van der Waals surface area contributed by atoms with E-state index in [0.29, 0.717) is 0 Å². The Bertz CT molecular complexity index is 678. The van der Waals surface area contributed by atoms with Gasteiger partial charge in [-0.1, -0.05) is 11.6 Å². The maximum Gasteiger partial charge on any atom is 0.193 e. The third kappa shape index (κ3) is 4.96. The number of likely N-dealkylation sites (N-methyl/N-ethyl adjacent to an activating group) is 1. The summed E-state index contributed by atoms with van der Waals surface area (Å²) in [7, 11) is 9.90. The molecular formula is C16H25ClN6S. The molecule has 2 heterocycles. The molecule has 1 atom stereocenters. The first-order valence-corrected chi connectivity index (χ1v) is 8.91.